The zero-order valence-corrected chi connectivity index (χ0v) is 16.9. The highest BCUT2D eigenvalue weighted by Crippen LogP contribution is 2.21. The summed E-state index contributed by atoms with van der Waals surface area (Å²) in [5, 5.41) is 3.77. The Morgan fingerprint density at radius 3 is 2.14 bits per heavy atom. The van der Waals surface area contributed by atoms with Gasteiger partial charge in [-0.3, -0.25) is 9.52 Å². The summed E-state index contributed by atoms with van der Waals surface area (Å²) in [5.41, 5.74) is 1.69. The molecule has 0 aromatic heterocycles. The summed E-state index contributed by atoms with van der Waals surface area (Å²) in [5.74, 6) is -0.213. The Hall–Kier alpha value is -2.54. The number of carbonyl (C=O) groups excluding carboxylic acids is 1. The Bertz CT molecular complexity index is 1080. The fourth-order valence-corrected chi connectivity index (χ4v) is 3.84. The smallest absolute Gasteiger partial charge is 0.261 e. The van der Waals surface area contributed by atoms with Crippen LogP contribution in [0.25, 0.3) is 0 Å². The Labute approximate surface area is 173 Å². The summed E-state index contributed by atoms with van der Waals surface area (Å²) in [7, 11) is -3.76. The van der Waals surface area contributed by atoms with Crippen LogP contribution in [0.5, 0.6) is 0 Å². The molecular formula is C20H16Cl2N2O3S. The lowest BCUT2D eigenvalue weighted by Crippen LogP contribution is -2.15. The molecule has 3 aromatic carbocycles. The number of nitrogens with one attached hydrogen (secondary N) is 2. The molecule has 0 fully saturated rings. The van der Waals surface area contributed by atoms with E-state index in [9.17, 15) is 13.2 Å². The SMILES string of the molecule is O=C(Cc1ccc(Cl)cc1)Nc1ccc(S(=O)(=O)Nc2cccc(Cl)c2)cc1. The second-order valence-corrected chi connectivity index (χ2v) is 8.55. The molecule has 0 spiro atoms. The molecule has 0 saturated heterocycles. The number of amides is 1. The number of halogens is 2. The zero-order valence-electron chi connectivity index (χ0n) is 14.5. The van der Waals surface area contributed by atoms with Gasteiger partial charge in [-0.25, -0.2) is 8.42 Å². The highest BCUT2D eigenvalue weighted by Gasteiger charge is 2.14. The largest absolute Gasteiger partial charge is 0.326 e. The second-order valence-electron chi connectivity index (χ2n) is 5.99. The number of hydrogen-bond acceptors (Lipinski definition) is 3. The Morgan fingerprint density at radius 1 is 0.821 bits per heavy atom. The maximum atomic E-state index is 12.5. The maximum absolute atomic E-state index is 12.5. The first-order valence-corrected chi connectivity index (χ1v) is 10.5. The van der Waals surface area contributed by atoms with Gasteiger partial charge in [0.2, 0.25) is 5.91 Å². The lowest BCUT2D eigenvalue weighted by Gasteiger charge is -2.10. The number of sulfonamides is 1. The van der Waals surface area contributed by atoms with Crippen LogP contribution in [0.4, 0.5) is 11.4 Å². The van der Waals surface area contributed by atoms with Gasteiger partial charge in [0.1, 0.15) is 0 Å². The number of benzene rings is 3. The van der Waals surface area contributed by atoms with Gasteiger partial charge in [0.05, 0.1) is 17.0 Å². The van der Waals surface area contributed by atoms with Crippen LogP contribution in [0.3, 0.4) is 0 Å². The molecule has 5 nitrogen and oxygen atoms in total. The van der Waals surface area contributed by atoms with Crippen molar-refractivity contribution in [2.24, 2.45) is 0 Å². The Morgan fingerprint density at radius 2 is 1.50 bits per heavy atom. The molecule has 3 aromatic rings. The molecule has 1 amide bonds. The van der Waals surface area contributed by atoms with Crippen LogP contribution in [0, 0.1) is 0 Å². The molecule has 3 rings (SSSR count). The van der Waals surface area contributed by atoms with Gasteiger partial charge in [0.25, 0.3) is 10.0 Å². The number of hydrogen-bond donors (Lipinski definition) is 2. The number of anilines is 2. The number of rotatable bonds is 6. The van der Waals surface area contributed by atoms with Crippen LogP contribution >= 0.6 is 23.2 Å². The third-order valence-electron chi connectivity index (χ3n) is 3.80. The fraction of sp³-hybridized carbons (Fsp3) is 0.0500. The first-order chi connectivity index (χ1) is 13.3. The molecule has 0 radical (unpaired) electrons. The van der Waals surface area contributed by atoms with Crippen molar-refractivity contribution in [2.45, 2.75) is 11.3 Å². The van der Waals surface area contributed by atoms with Crippen molar-refractivity contribution in [3.63, 3.8) is 0 Å². The van der Waals surface area contributed by atoms with Gasteiger partial charge in [-0.1, -0.05) is 41.4 Å². The standard InChI is InChI=1S/C20H16Cl2N2O3S/c21-15-6-4-14(5-7-15)12-20(25)23-17-8-10-19(11-9-17)28(26,27)24-18-3-1-2-16(22)13-18/h1-11,13,24H,12H2,(H,23,25). The van der Waals surface area contributed by atoms with Crippen molar-refractivity contribution in [1.82, 2.24) is 0 Å². The van der Waals surface area contributed by atoms with Crippen LogP contribution in [0.2, 0.25) is 10.0 Å². The summed E-state index contributed by atoms with van der Waals surface area (Å²) in [6.07, 6.45) is 0.188. The molecule has 0 bridgehead atoms. The number of carbonyl (C=O) groups is 1. The fourth-order valence-electron chi connectivity index (χ4n) is 2.48. The summed E-state index contributed by atoms with van der Waals surface area (Å²) >= 11 is 11.7. The van der Waals surface area contributed by atoms with Crippen LogP contribution in [0.15, 0.2) is 77.7 Å². The van der Waals surface area contributed by atoms with Crippen LogP contribution in [-0.4, -0.2) is 14.3 Å². The van der Waals surface area contributed by atoms with Crippen molar-refractivity contribution >= 4 is 50.5 Å². The molecule has 2 N–H and O–H groups in total. The van der Waals surface area contributed by atoms with E-state index < -0.39 is 10.0 Å². The minimum Gasteiger partial charge on any atom is -0.326 e. The van der Waals surface area contributed by atoms with E-state index in [-0.39, 0.29) is 17.2 Å². The topological polar surface area (TPSA) is 75.3 Å². The van der Waals surface area contributed by atoms with E-state index in [2.05, 4.69) is 10.0 Å². The van der Waals surface area contributed by atoms with Crippen molar-refractivity contribution in [3.8, 4) is 0 Å². The Kier molecular flexibility index (Phi) is 6.24. The van der Waals surface area contributed by atoms with Crippen LogP contribution in [0.1, 0.15) is 5.56 Å². The molecule has 144 valence electrons. The minimum atomic E-state index is -3.76. The molecule has 0 aliphatic heterocycles. The molecule has 0 saturated carbocycles. The van der Waals surface area contributed by atoms with E-state index in [1.165, 1.54) is 30.3 Å². The molecule has 0 atom stereocenters. The highest BCUT2D eigenvalue weighted by atomic mass is 35.5. The van der Waals surface area contributed by atoms with Gasteiger partial charge < -0.3 is 5.32 Å². The van der Waals surface area contributed by atoms with E-state index in [0.29, 0.717) is 21.4 Å². The van der Waals surface area contributed by atoms with Gasteiger partial charge in [0, 0.05) is 15.7 Å². The van der Waals surface area contributed by atoms with Crippen molar-refractivity contribution in [2.75, 3.05) is 10.0 Å². The predicted molar refractivity (Wildman–Crippen MR) is 112 cm³/mol. The molecule has 8 heteroatoms. The third kappa shape index (κ3) is 5.48. The molecule has 28 heavy (non-hydrogen) atoms. The van der Waals surface area contributed by atoms with Gasteiger partial charge in [-0.2, -0.15) is 0 Å². The minimum absolute atomic E-state index is 0.0724. The molecule has 0 aliphatic carbocycles. The van der Waals surface area contributed by atoms with E-state index in [1.807, 2.05) is 0 Å². The van der Waals surface area contributed by atoms with Crippen molar-refractivity contribution in [3.05, 3.63) is 88.4 Å². The first kappa shape index (κ1) is 20.2. The van der Waals surface area contributed by atoms with E-state index in [4.69, 9.17) is 23.2 Å². The van der Waals surface area contributed by atoms with E-state index in [0.717, 1.165) is 5.56 Å². The zero-order chi connectivity index (χ0) is 20.1. The summed E-state index contributed by atoms with van der Waals surface area (Å²) in [6, 6.07) is 19.3. The predicted octanol–water partition coefficient (Wildman–Crippen LogP) is 4.98. The van der Waals surface area contributed by atoms with Gasteiger partial charge >= 0.3 is 0 Å². The van der Waals surface area contributed by atoms with E-state index in [1.54, 1.807) is 42.5 Å². The van der Waals surface area contributed by atoms with E-state index >= 15 is 0 Å². The summed E-state index contributed by atoms with van der Waals surface area (Å²) < 4.78 is 27.4. The third-order valence-corrected chi connectivity index (χ3v) is 5.69. The second kappa shape index (κ2) is 8.65. The normalized spacial score (nSPS) is 11.1. The average Bonchev–Trinajstić information content (AvgIpc) is 2.64. The van der Waals surface area contributed by atoms with Gasteiger partial charge in [-0.15, -0.1) is 0 Å². The van der Waals surface area contributed by atoms with Gasteiger partial charge in [0.15, 0.2) is 0 Å². The van der Waals surface area contributed by atoms with Gasteiger partial charge in [-0.05, 0) is 60.2 Å². The van der Waals surface area contributed by atoms with Crippen LogP contribution in [-0.2, 0) is 21.2 Å². The summed E-state index contributed by atoms with van der Waals surface area (Å²) in [4.78, 5) is 12.2. The first-order valence-electron chi connectivity index (χ1n) is 8.24. The van der Waals surface area contributed by atoms with Crippen molar-refractivity contribution in [1.29, 1.82) is 0 Å². The lowest BCUT2D eigenvalue weighted by atomic mass is 10.1. The van der Waals surface area contributed by atoms with Crippen LogP contribution < -0.4 is 10.0 Å². The van der Waals surface area contributed by atoms with Crippen molar-refractivity contribution < 1.29 is 13.2 Å². The summed E-state index contributed by atoms with van der Waals surface area (Å²) in [6.45, 7) is 0. The molecule has 0 unspecified atom stereocenters. The molecule has 0 aliphatic rings. The average molecular weight is 435 g/mol. The molecular weight excluding hydrogens is 419 g/mol. The maximum Gasteiger partial charge on any atom is 0.261 e. The lowest BCUT2D eigenvalue weighted by molar-refractivity contribution is -0.115. The quantitative estimate of drug-likeness (QED) is 0.574. The monoisotopic (exact) mass is 434 g/mol. The highest BCUT2D eigenvalue weighted by molar-refractivity contribution is 7.92. The molecule has 0 heterocycles. The Balaban J connectivity index is 1.65.